The third-order valence-electron chi connectivity index (χ3n) is 1.64. The minimum absolute atomic E-state index is 0.473. The van der Waals surface area contributed by atoms with Crippen LogP contribution < -0.4 is 10.5 Å². The predicted molar refractivity (Wildman–Crippen MR) is 44.3 cm³/mol. The van der Waals surface area contributed by atoms with Gasteiger partial charge in [0.05, 0.1) is 12.8 Å². The van der Waals surface area contributed by atoms with Crippen molar-refractivity contribution in [2.75, 3.05) is 12.8 Å². The summed E-state index contributed by atoms with van der Waals surface area (Å²) in [5.74, 6) is -4.34. The van der Waals surface area contributed by atoms with Crippen molar-refractivity contribution >= 4 is 11.7 Å². The molecule has 1 aromatic carbocycles. The van der Waals surface area contributed by atoms with Crippen molar-refractivity contribution in [3.8, 4) is 5.75 Å². The molecule has 0 aliphatic carbocycles. The van der Waals surface area contributed by atoms with Crippen LogP contribution in [-0.4, -0.2) is 18.2 Å². The number of nitrogens with two attached hydrogens (primary N) is 1. The van der Waals surface area contributed by atoms with Gasteiger partial charge in [-0.05, 0) is 0 Å². The van der Waals surface area contributed by atoms with Crippen LogP contribution in [0.15, 0.2) is 6.07 Å². The zero-order chi connectivity index (χ0) is 10.9. The van der Waals surface area contributed by atoms with Gasteiger partial charge in [-0.25, -0.2) is 13.6 Å². The van der Waals surface area contributed by atoms with Gasteiger partial charge >= 0.3 is 5.97 Å². The van der Waals surface area contributed by atoms with Crippen LogP contribution in [0, 0.1) is 11.6 Å². The van der Waals surface area contributed by atoms with E-state index in [1.165, 1.54) is 0 Å². The maximum absolute atomic E-state index is 13.0. The molecule has 0 radical (unpaired) electrons. The fourth-order valence-electron chi connectivity index (χ4n) is 1.03. The summed E-state index contributed by atoms with van der Waals surface area (Å²) < 4.78 is 30.3. The number of carbonyl (C=O) groups is 1. The number of nitrogen functional groups attached to an aromatic ring is 1. The first-order valence-electron chi connectivity index (χ1n) is 3.53. The van der Waals surface area contributed by atoms with Crippen molar-refractivity contribution < 1.29 is 23.4 Å². The van der Waals surface area contributed by atoms with E-state index >= 15 is 0 Å². The van der Waals surface area contributed by atoms with Gasteiger partial charge in [0.15, 0.2) is 11.6 Å². The lowest BCUT2D eigenvalue weighted by Crippen LogP contribution is -2.09. The molecule has 0 atom stereocenters. The molecule has 0 bridgehead atoms. The van der Waals surface area contributed by atoms with Crippen LogP contribution in [0.2, 0.25) is 0 Å². The molecule has 3 N–H and O–H groups in total. The van der Waals surface area contributed by atoms with Crippen molar-refractivity contribution in [1.82, 2.24) is 0 Å². The zero-order valence-electron chi connectivity index (χ0n) is 7.17. The molecule has 0 saturated carbocycles. The van der Waals surface area contributed by atoms with Gasteiger partial charge < -0.3 is 15.6 Å². The minimum Gasteiger partial charge on any atom is -0.493 e. The number of rotatable bonds is 2. The van der Waals surface area contributed by atoms with E-state index in [4.69, 9.17) is 10.8 Å². The van der Waals surface area contributed by atoms with Crippen LogP contribution in [0.3, 0.4) is 0 Å². The average molecular weight is 203 g/mol. The number of methoxy groups -OCH3 is 1. The number of aromatic carboxylic acids is 1. The van der Waals surface area contributed by atoms with E-state index < -0.39 is 34.6 Å². The molecular weight excluding hydrogens is 196 g/mol. The Morgan fingerprint density at radius 2 is 2.07 bits per heavy atom. The number of benzene rings is 1. The first-order valence-corrected chi connectivity index (χ1v) is 3.53. The van der Waals surface area contributed by atoms with Crippen molar-refractivity contribution in [2.45, 2.75) is 0 Å². The van der Waals surface area contributed by atoms with Crippen LogP contribution in [0.4, 0.5) is 14.5 Å². The highest BCUT2D eigenvalue weighted by atomic mass is 19.1. The van der Waals surface area contributed by atoms with Crippen LogP contribution >= 0.6 is 0 Å². The Hall–Kier alpha value is -1.85. The Balaban J connectivity index is 3.56. The largest absolute Gasteiger partial charge is 0.493 e. The Bertz CT molecular complexity index is 393. The van der Waals surface area contributed by atoms with Gasteiger partial charge in [0, 0.05) is 6.07 Å². The fraction of sp³-hybridized carbons (Fsp3) is 0.125. The molecular formula is C8H7F2NO3. The summed E-state index contributed by atoms with van der Waals surface area (Å²) in [6, 6.07) is 0.473. The molecule has 0 amide bonds. The fourth-order valence-corrected chi connectivity index (χ4v) is 1.03. The molecule has 14 heavy (non-hydrogen) atoms. The van der Waals surface area contributed by atoms with E-state index in [0.29, 0.717) is 6.07 Å². The molecule has 0 aliphatic heterocycles. The summed E-state index contributed by atoms with van der Waals surface area (Å²) in [6.45, 7) is 0. The van der Waals surface area contributed by atoms with Gasteiger partial charge in [-0.1, -0.05) is 0 Å². The van der Waals surface area contributed by atoms with Gasteiger partial charge in [0.25, 0.3) is 0 Å². The summed E-state index contributed by atoms with van der Waals surface area (Å²) in [7, 11) is 1.07. The summed E-state index contributed by atoms with van der Waals surface area (Å²) in [4.78, 5) is 10.6. The third-order valence-corrected chi connectivity index (χ3v) is 1.64. The van der Waals surface area contributed by atoms with E-state index in [1.54, 1.807) is 0 Å². The molecule has 0 fully saturated rings. The molecule has 0 aromatic heterocycles. The molecule has 0 unspecified atom stereocenters. The second-order valence-corrected chi connectivity index (χ2v) is 2.47. The number of carboxylic acid groups (broad SMARTS) is 1. The van der Waals surface area contributed by atoms with Gasteiger partial charge in [-0.15, -0.1) is 0 Å². The Labute approximate surface area is 77.9 Å². The second-order valence-electron chi connectivity index (χ2n) is 2.47. The molecule has 4 nitrogen and oxygen atoms in total. The van der Waals surface area contributed by atoms with E-state index in [2.05, 4.69) is 4.74 Å². The first kappa shape index (κ1) is 10.2. The Kier molecular flexibility index (Phi) is 2.55. The highest BCUT2D eigenvalue weighted by molar-refractivity contribution is 5.97. The first-order chi connectivity index (χ1) is 6.49. The Morgan fingerprint density at radius 1 is 1.50 bits per heavy atom. The van der Waals surface area contributed by atoms with E-state index in [1.807, 2.05) is 0 Å². The lowest BCUT2D eigenvalue weighted by atomic mass is 10.1. The zero-order valence-corrected chi connectivity index (χ0v) is 7.17. The van der Waals surface area contributed by atoms with Crippen LogP contribution in [0.5, 0.6) is 5.75 Å². The number of hydrogen-bond acceptors (Lipinski definition) is 3. The number of ether oxygens (including phenoxy) is 1. The monoisotopic (exact) mass is 203 g/mol. The van der Waals surface area contributed by atoms with Crippen molar-refractivity contribution in [1.29, 1.82) is 0 Å². The number of carboxylic acids is 1. The number of anilines is 1. The summed E-state index contributed by atoms with van der Waals surface area (Å²) >= 11 is 0. The van der Waals surface area contributed by atoms with Gasteiger partial charge in [0.1, 0.15) is 11.4 Å². The molecule has 0 heterocycles. The second kappa shape index (κ2) is 3.49. The molecule has 1 aromatic rings. The predicted octanol–water partition coefficient (Wildman–Crippen LogP) is 1.25. The highest BCUT2D eigenvalue weighted by Gasteiger charge is 2.22. The van der Waals surface area contributed by atoms with Gasteiger partial charge in [-0.2, -0.15) is 0 Å². The maximum atomic E-state index is 13.0. The number of hydrogen-bond donors (Lipinski definition) is 2. The lowest BCUT2D eigenvalue weighted by molar-refractivity contribution is 0.0693. The standard InChI is InChI=1S/C8H7F2NO3/c1-14-7-4(10)2-3(9)6(11)5(7)8(12)13/h2H,11H2,1H3,(H,12,13). The minimum atomic E-state index is -1.54. The molecule has 76 valence electrons. The van der Waals surface area contributed by atoms with Gasteiger partial charge in [-0.3, -0.25) is 0 Å². The summed E-state index contributed by atoms with van der Waals surface area (Å²) in [5, 5.41) is 8.63. The molecule has 0 spiro atoms. The summed E-state index contributed by atoms with van der Waals surface area (Å²) in [5.41, 5.74) is 3.78. The summed E-state index contributed by atoms with van der Waals surface area (Å²) in [6.07, 6.45) is 0. The average Bonchev–Trinajstić information content (AvgIpc) is 2.10. The van der Waals surface area contributed by atoms with E-state index in [9.17, 15) is 13.6 Å². The van der Waals surface area contributed by atoms with Crippen LogP contribution in [0.25, 0.3) is 0 Å². The SMILES string of the molecule is COc1c(F)cc(F)c(N)c1C(=O)O. The van der Waals surface area contributed by atoms with Crippen molar-refractivity contribution in [2.24, 2.45) is 0 Å². The molecule has 0 aliphatic rings. The normalized spacial score (nSPS) is 9.93. The number of halogens is 2. The molecule has 6 heteroatoms. The smallest absolute Gasteiger partial charge is 0.341 e. The van der Waals surface area contributed by atoms with Crippen molar-refractivity contribution in [3.63, 3.8) is 0 Å². The molecule has 1 rings (SSSR count). The Morgan fingerprint density at radius 3 is 2.50 bits per heavy atom. The maximum Gasteiger partial charge on any atom is 0.341 e. The molecule has 0 saturated heterocycles. The van der Waals surface area contributed by atoms with E-state index in [-0.39, 0.29) is 0 Å². The van der Waals surface area contributed by atoms with Crippen LogP contribution in [0.1, 0.15) is 10.4 Å². The topological polar surface area (TPSA) is 72.5 Å². The van der Waals surface area contributed by atoms with Crippen LogP contribution in [-0.2, 0) is 0 Å². The highest BCUT2D eigenvalue weighted by Crippen LogP contribution is 2.29. The van der Waals surface area contributed by atoms with Gasteiger partial charge in [0.2, 0.25) is 0 Å². The quantitative estimate of drug-likeness (QED) is 0.709. The lowest BCUT2D eigenvalue weighted by Gasteiger charge is -2.09. The van der Waals surface area contributed by atoms with E-state index in [0.717, 1.165) is 7.11 Å². The van der Waals surface area contributed by atoms with Crippen molar-refractivity contribution in [3.05, 3.63) is 23.3 Å². The third kappa shape index (κ3) is 1.46.